The zero-order valence-corrected chi connectivity index (χ0v) is 18.9. The van der Waals surface area contributed by atoms with Crippen LogP contribution < -0.4 is 5.32 Å². The lowest BCUT2D eigenvalue weighted by molar-refractivity contribution is 0.0717. The Morgan fingerprint density at radius 2 is 1.59 bits per heavy atom. The smallest absolute Gasteiger partial charge is 0.285 e. The molecule has 8 heteroatoms. The molecule has 5 rings (SSSR count). The number of sulfonamides is 1. The van der Waals surface area contributed by atoms with Gasteiger partial charge in [-0.25, -0.2) is 0 Å². The molecular weight excluding hydrogens is 450 g/mol. The maximum atomic E-state index is 13.3. The Kier molecular flexibility index (Phi) is 5.73. The molecule has 3 aromatic carbocycles. The van der Waals surface area contributed by atoms with Gasteiger partial charge >= 0.3 is 0 Å². The third kappa shape index (κ3) is 4.49. The van der Waals surface area contributed by atoms with Gasteiger partial charge in [-0.05, 0) is 54.1 Å². The first-order valence-electron chi connectivity index (χ1n) is 10.7. The molecule has 1 aliphatic rings. The maximum absolute atomic E-state index is 13.3. The first-order valence-corrected chi connectivity index (χ1v) is 12.1. The third-order valence-corrected chi connectivity index (χ3v) is 6.79. The van der Waals surface area contributed by atoms with Gasteiger partial charge in [-0.3, -0.25) is 4.79 Å². The SMILES string of the molecule is O=C(c1ccc(NC2=NS(=O)(=O)c3ccccc32)cc1)N(Cc1ccccc1)Cc1ccco1. The van der Waals surface area contributed by atoms with Gasteiger partial charge in [0.25, 0.3) is 15.9 Å². The van der Waals surface area contributed by atoms with Crippen LogP contribution in [0.3, 0.4) is 0 Å². The number of fused-ring (bicyclic) bond motifs is 1. The summed E-state index contributed by atoms with van der Waals surface area (Å²) >= 11 is 0. The summed E-state index contributed by atoms with van der Waals surface area (Å²) in [5.74, 6) is 0.817. The van der Waals surface area contributed by atoms with Crippen molar-refractivity contribution in [3.05, 3.63) is 120 Å². The first kappa shape index (κ1) is 21.7. The van der Waals surface area contributed by atoms with Crippen molar-refractivity contribution in [3.8, 4) is 0 Å². The Balaban J connectivity index is 1.35. The molecule has 0 bridgehead atoms. The van der Waals surface area contributed by atoms with Crippen LogP contribution in [0.4, 0.5) is 5.69 Å². The molecule has 1 aromatic heterocycles. The lowest BCUT2D eigenvalue weighted by Gasteiger charge is -2.22. The van der Waals surface area contributed by atoms with Crippen LogP contribution in [0.1, 0.15) is 27.2 Å². The Morgan fingerprint density at radius 3 is 2.32 bits per heavy atom. The summed E-state index contributed by atoms with van der Waals surface area (Å²) in [7, 11) is -3.71. The Bertz CT molecular complexity index is 1450. The van der Waals surface area contributed by atoms with Crippen molar-refractivity contribution in [1.82, 2.24) is 4.90 Å². The summed E-state index contributed by atoms with van der Waals surface area (Å²) in [6.07, 6.45) is 1.59. The van der Waals surface area contributed by atoms with Crippen molar-refractivity contribution < 1.29 is 17.6 Å². The van der Waals surface area contributed by atoms with Crippen LogP contribution in [0.2, 0.25) is 0 Å². The van der Waals surface area contributed by atoms with Gasteiger partial charge in [-0.1, -0.05) is 42.5 Å². The molecule has 170 valence electrons. The van der Waals surface area contributed by atoms with Crippen LogP contribution in [0.25, 0.3) is 0 Å². The first-order chi connectivity index (χ1) is 16.5. The topological polar surface area (TPSA) is 92.0 Å². The second-order valence-electron chi connectivity index (χ2n) is 7.84. The van der Waals surface area contributed by atoms with Gasteiger partial charge in [0.2, 0.25) is 0 Å². The van der Waals surface area contributed by atoms with Crippen molar-refractivity contribution in [2.75, 3.05) is 5.32 Å². The maximum Gasteiger partial charge on any atom is 0.285 e. The summed E-state index contributed by atoms with van der Waals surface area (Å²) in [5.41, 5.74) is 2.67. The molecule has 2 heterocycles. The highest BCUT2D eigenvalue weighted by molar-refractivity contribution is 7.90. The van der Waals surface area contributed by atoms with E-state index >= 15 is 0 Å². The highest BCUT2D eigenvalue weighted by atomic mass is 32.2. The summed E-state index contributed by atoms with van der Waals surface area (Å²) < 4.78 is 33.8. The van der Waals surface area contributed by atoms with Crippen LogP contribution in [-0.4, -0.2) is 25.1 Å². The van der Waals surface area contributed by atoms with Crippen LogP contribution >= 0.6 is 0 Å². The molecule has 0 radical (unpaired) electrons. The molecule has 0 spiro atoms. The summed E-state index contributed by atoms with van der Waals surface area (Å²) in [6.45, 7) is 0.776. The number of hydrogen-bond acceptors (Lipinski definition) is 5. The minimum absolute atomic E-state index is 0.141. The quantitative estimate of drug-likeness (QED) is 0.441. The second-order valence-corrected chi connectivity index (χ2v) is 9.41. The van der Waals surface area contributed by atoms with E-state index in [4.69, 9.17) is 4.42 Å². The average Bonchev–Trinajstić information content (AvgIpc) is 3.45. The van der Waals surface area contributed by atoms with Gasteiger partial charge in [0, 0.05) is 23.4 Å². The number of amides is 1. The van der Waals surface area contributed by atoms with Crippen LogP contribution in [0, 0.1) is 0 Å². The highest BCUT2D eigenvalue weighted by Crippen LogP contribution is 2.27. The molecule has 0 fully saturated rings. The van der Waals surface area contributed by atoms with E-state index in [1.54, 1.807) is 59.7 Å². The number of rotatable bonds is 6. The molecule has 7 nitrogen and oxygen atoms in total. The molecule has 0 aliphatic carbocycles. The van der Waals surface area contributed by atoms with E-state index in [2.05, 4.69) is 9.71 Å². The van der Waals surface area contributed by atoms with Gasteiger partial charge in [0.15, 0.2) is 5.84 Å². The van der Waals surface area contributed by atoms with Gasteiger partial charge in [-0.15, -0.1) is 4.40 Å². The highest BCUT2D eigenvalue weighted by Gasteiger charge is 2.28. The molecule has 34 heavy (non-hydrogen) atoms. The third-order valence-electron chi connectivity index (χ3n) is 5.46. The van der Waals surface area contributed by atoms with Gasteiger partial charge in [0.1, 0.15) is 10.7 Å². The van der Waals surface area contributed by atoms with Crippen LogP contribution in [0.5, 0.6) is 0 Å². The number of benzene rings is 3. The number of carbonyl (C=O) groups is 1. The Labute approximate surface area is 197 Å². The average molecular weight is 472 g/mol. The van der Waals surface area contributed by atoms with Crippen molar-refractivity contribution in [3.63, 3.8) is 0 Å². The normalized spacial score (nSPS) is 13.7. The van der Waals surface area contributed by atoms with E-state index in [9.17, 15) is 13.2 Å². The minimum Gasteiger partial charge on any atom is -0.467 e. The standard InChI is InChI=1S/C26H21N3O4S/c30-26(29(18-22-9-6-16-33-22)17-19-7-2-1-3-8-19)20-12-14-21(15-13-20)27-25-23-10-4-5-11-24(23)34(31,32)28-25/h1-16H,17-18H2,(H,27,28). The summed E-state index contributed by atoms with van der Waals surface area (Å²) in [5, 5.41) is 3.06. The Morgan fingerprint density at radius 1 is 0.853 bits per heavy atom. The monoisotopic (exact) mass is 471 g/mol. The molecule has 0 unspecified atom stereocenters. The van der Waals surface area contributed by atoms with E-state index in [-0.39, 0.29) is 16.6 Å². The van der Waals surface area contributed by atoms with Crippen molar-refractivity contribution >= 4 is 27.5 Å². The van der Waals surface area contributed by atoms with E-state index < -0.39 is 10.0 Å². The Hall–Kier alpha value is -4.17. The summed E-state index contributed by atoms with van der Waals surface area (Å²) in [4.78, 5) is 15.2. The van der Waals surface area contributed by atoms with E-state index in [1.165, 1.54) is 6.07 Å². The number of hydrogen-bond donors (Lipinski definition) is 1. The fraction of sp³-hybridized carbons (Fsp3) is 0.0769. The predicted molar refractivity (Wildman–Crippen MR) is 129 cm³/mol. The van der Waals surface area contributed by atoms with Crippen molar-refractivity contribution in [2.24, 2.45) is 4.40 Å². The fourth-order valence-corrected chi connectivity index (χ4v) is 4.98. The fourth-order valence-electron chi connectivity index (χ4n) is 3.81. The van der Waals surface area contributed by atoms with Crippen molar-refractivity contribution in [2.45, 2.75) is 18.0 Å². The van der Waals surface area contributed by atoms with Crippen LogP contribution in [-0.2, 0) is 23.1 Å². The number of furan rings is 1. The predicted octanol–water partition coefficient (Wildman–Crippen LogP) is 4.68. The molecular formula is C26H21N3O4S. The van der Waals surface area contributed by atoms with Gasteiger partial charge in [0.05, 0.1) is 12.8 Å². The van der Waals surface area contributed by atoms with Gasteiger partial charge < -0.3 is 14.6 Å². The molecule has 4 aromatic rings. The van der Waals surface area contributed by atoms with E-state index in [0.717, 1.165) is 5.56 Å². The molecule has 0 saturated heterocycles. The lowest BCUT2D eigenvalue weighted by atomic mass is 10.1. The van der Waals surface area contributed by atoms with E-state index in [0.29, 0.717) is 35.7 Å². The number of anilines is 1. The largest absolute Gasteiger partial charge is 0.467 e. The van der Waals surface area contributed by atoms with Gasteiger partial charge in [-0.2, -0.15) is 8.42 Å². The number of nitrogens with zero attached hydrogens (tertiary/aromatic N) is 2. The molecule has 1 aliphatic heterocycles. The number of nitrogens with one attached hydrogen (secondary N) is 1. The zero-order valence-electron chi connectivity index (χ0n) is 18.1. The lowest BCUT2D eigenvalue weighted by Crippen LogP contribution is -2.30. The molecule has 1 amide bonds. The van der Waals surface area contributed by atoms with E-state index in [1.807, 2.05) is 36.4 Å². The molecule has 1 N–H and O–H groups in total. The molecule has 0 saturated carbocycles. The number of carbonyl (C=O) groups excluding carboxylic acids is 1. The summed E-state index contributed by atoms with van der Waals surface area (Å²) in [6, 6.07) is 27.0. The van der Waals surface area contributed by atoms with Crippen molar-refractivity contribution in [1.29, 1.82) is 0 Å². The molecule has 0 atom stereocenters. The zero-order chi connectivity index (χ0) is 23.5. The minimum atomic E-state index is -3.71. The second kappa shape index (κ2) is 8.99. The number of amidine groups is 1. The van der Waals surface area contributed by atoms with Crippen LogP contribution in [0.15, 0.2) is 111 Å².